The Kier molecular flexibility index (Phi) is 25.7. The molecule has 21 N–H and O–H groups in total. The summed E-state index contributed by atoms with van der Waals surface area (Å²) in [6.45, 7) is 1.64. The third-order valence-corrected chi connectivity index (χ3v) is 9.47. The maximum Gasteiger partial charge on any atom is 0.245 e. The topological polar surface area (TPSA) is 417 Å². The number of nitrogens with one attached hydrogen (secondary N) is 7. The first-order valence-electron chi connectivity index (χ1n) is 20.6. The van der Waals surface area contributed by atoms with Crippen LogP contribution in [0.15, 0.2) is 30.3 Å². The Hall–Kier alpha value is -5.30. The summed E-state index contributed by atoms with van der Waals surface area (Å²) in [6, 6.07) is -0.601. The number of amides is 8. The molecule has 0 aliphatic carbocycles. The predicted octanol–water partition coefficient (Wildman–Crippen LogP) is -6.21. The quantitative estimate of drug-likeness (QED) is 0.0330. The minimum absolute atomic E-state index is 0.00421. The summed E-state index contributed by atoms with van der Waals surface area (Å²) in [5, 5.41) is 37.2. The van der Waals surface area contributed by atoms with Gasteiger partial charge in [0.25, 0.3) is 0 Å². The van der Waals surface area contributed by atoms with Gasteiger partial charge in [-0.15, -0.1) is 0 Å². The summed E-state index contributed by atoms with van der Waals surface area (Å²) in [5.41, 5.74) is 33.3. The number of carbonyl (C=O) groups is 8. The Morgan fingerprint density at radius 3 is 1.13 bits per heavy atom. The highest BCUT2D eigenvalue weighted by atomic mass is 16.3. The number of hydrogen-bond donors (Lipinski definition) is 15. The predicted molar refractivity (Wildman–Crippen MR) is 228 cm³/mol. The van der Waals surface area contributed by atoms with Crippen molar-refractivity contribution in [2.75, 3.05) is 39.4 Å². The van der Waals surface area contributed by atoms with Crippen molar-refractivity contribution in [1.82, 2.24) is 37.2 Å². The molecule has 62 heavy (non-hydrogen) atoms. The van der Waals surface area contributed by atoms with E-state index in [4.69, 9.17) is 34.4 Å². The molecule has 0 spiro atoms. The first-order valence-corrected chi connectivity index (χ1v) is 20.6. The highest BCUT2D eigenvalue weighted by Gasteiger charge is 2.34. The van der Waals surface area contributed by atoms with Gasteiger partial charge in [0.05, 0.1) is 18.8 Å². The first kappa shape index (κ1) is 54.7. The smallest absolute Gasteiger partial charge is 0.245 e. The summed E-state index contributed by atoms with van der Waals surface area (Å²) in [6.07, 6.45) is 1.26. The lowest BCUT2D eigenvalue weighted by atomic mass is 10.0. The molecule has 0 fully saturated rings. The summed E-state index contributed by atoms with van der Waals surface area (Å²) in [7, 11) is 0. The minimum Gasteiger partial charge on any atom is -0.394 e. The van der Waals surface area contributed by atoms with Crippen molar-refractivity contribution in [2.45, 2.75) is 119 Å². The molecule has 0 radical (unpaired) electrons. The van der Waals surface area contributed by atoms with Crippen LogP contribution in [0.2, 0.25) is 0 Å². The van der Waals surface area contributed by atoms with Gasteiger partial charge in [-0.25, -0.2) is 0 Å². The fraction of sp³-hybridized carbons (Fsp3) is 0.641. The van der Waals surface area contributed by atoms with Crippen molar-refractivity contribution in [1.29, 1.82) is 0 Å². The highest BCUT2D eigenvalue weighted by Crippen LogP contribution is 2.09. The molecule has 7 unspecified atom stereocenters. The lowest BCUT2D eigenvalue weighted by Crippen LogP contribution is -2.61. The molecule has 7 atom stereocenters. The second-order valence-electron chi connectivity index (χ2n) is 15.3. The zero-order valence-corrected chi connectivity index (χ0v) is 35.7. The Balaban J connectivity index is 3.25. The van der Waals surface area contributed by atoms with E-state index < -0.39 is 108 Å². The van der Waals surface area contributed by atoms with Crippen LogP contribution in [0.4, 0.5) is 0 Å². The van der Waals surface area contributed by atoms with Crippen molar-refractivity contribution in [3.8, 4) is 0 Å². The van der Waals surface area contributed by atoms with Gasteiger partial charge in [-0.2, -0.15) is 0 Å². The van der Waals surface area contributed by atoms with Crippen LogP contribution in [0.5, 0.6) is 0 Å². The van der Waals surface area contributed by atoms with Gasteiger partial charge in [0, 0.05) is 6.42 Å². The van der Waals surface area contributed by atoms with Gasteiger partial charge in [0.2, 0.25) is 47.3 Å². The SMILES string of the molecule is CC(C)(N)C(=O)NC(Cc1ccccc1)C(=O)NC(CCCN)C(=O)NC(CCCN)C(=O)NC(CCCN)C(=O)NC(CO)C(=O)NC(CO)C(=O)NC(CCCN)C(N)=O. The van der Waals surface area contributed by atoms with E-state index in [1.807, 2.05) is 0 Å². The van der Waals surface area contributed by atoms with Crippen LogP contribution in [0, 0.1) is 0 Å². The average molecular weight is 880 g/mol. The molecule has 1 aromatic rings. The number of hydrogen-bond acceptors (Lipinski definition) is 15. The number of aliphatic hydroxyl groups is 2. The Bertz CT molecular complexity index is 1600. The summed E-state index contributed by atoms with van der Waals surface area (Å²) >= 11 is 0. The van der Waals surface area contributed by atoms with Crippen molar-refractivity contribution in [2.24, 2.45) is 34.4 Å². The van der Waals surface area contributed by atoms with Gasteiger partial charge in [-0.1, -0.05) is 30.3 Å². The van der Waals surface area contributed by atoms with E-state index in [0.717, 1.165) is 5.56 Å². The van der Waals surface area contributed by atoms with Gasteiger partial charge in [-0.05, 0) is 97.0 Å². The van der Waals surface area contributed by atoms with E-state index >= 15 is 0 Å². The highest BCUT2D eigenvalue weighted by molar-refractivity contribution is 5.98. The van der Waals surface area contributed by atoms with Crippen molar-refractivity contribution < 1.29 is 48.6 Å². The molecular formula is C39H69N13O10. The molecule has 0 aliphatic rings. The molecule has 0 aromatic heterocycles. The largest absolute Gasteiger partial charge is 0.394 e. The van der Waals surface area contributed by atoms with E-state index in [-0.39, 0.29) is 77.5 Å². The molecular weight excluding hydrogens is 811 g/mol. The van der Waals surface area contributed by atoms with Crippen LogP contribution < -0.4 is 71.6 Å². The van der Waals surface area contributed by atoms with Gasteiger partial charge in [0.1, 0.15) is 42.3 Å². The van der Waals surface area contributed by atoms with Crippen molar-refractivity contribution in [3.63, 3.8) is 0 Å². The third kappa shape index (κ3) is 20.0. The third-order valence-electron chi connectivity index (χ3n) is 9.47. The lowest BCUT2D eigenvalue weighted by molar-refractivity contribution is -0.136. The summed E-state index contributed by atoms with van der Waals surface area (Å²) < 4.78 is 0. The van der Waals surface area contributed by atoms with Gasteiger partial charge in [-0.3, -0.25) is 38.4 Å². The minimum atomic E-state index is -1.68. The number of carbonyl (C=O) groups excluding carboxylic acids is 8. The molecule has 0 bridgehead atoms. The molecule has 0 aliphatic heterocycles. The van der Waals surface area contributed by atoms with E-state index in [1.54, 1.807) is 30.3 Å². The molecule has 1 rings (SSSR count). The second kappa shape index (κ2) is 29.1. The second-order valence-corrected chi connectivity index (χ2v) is 15.3. The van der Waals surface area contributed by atoms with Gasteiger partial charge in [0.15, 0.2) is 0 Å². The van der Waals surface area contributed by atoms with Crippen LogP contribution in [0.25, 0.3) is 0 Å². The number of aliphatic hydroxyl groups excluding tert-OH is 2. The zero-order valence-electron chi connectivity index (χ0n) is 35.7. The monoisotopic (exact) mass is 880 g/mol. The number of benzene rings is 1. The van der Waals surface area contributed by atoms with Crippen molar-refractivity contribution >= 4 is 47.3 Å². The molecule has 0 saturated heterocycles. The number of nitrogens with two attached hydrogens (primary N) is 6. The fourth-order valence-electron chi connectivity index (χ4n) is 5.81. The van der Waals surface area contributed by atoms with Crippen molar-refractivity contribution in [3.05, 3.63) is 35.9 Å². The Morgan fingerprint density at radius 1 is 0.500 bits per heavy atom. The fourth-order valence-corrected chi connectivity index (χ4v) is 5.81. The molecule has 350 valence electrons. The number of rotatable bonds is 31. The molecule has 8 amide bonds. The van der Waals surface area contributed by atoms with Crippen LogP contribution in [-0.4, -0.2) is 145 Å². The average Bonchev–Trinajstić information content (AvgIpc) is 3.23. The summed E-state index contributed by atoms with van der Waals surface area (Å²) in [5.74, 6) is -6.77. The van der Waals surface area contributed by atoms with Gasteiger partial charge < -0.3 is 81.8 Å². The van der Waals surface area contributed by atoms with Crippen LogP contribution >= 0.6 is 0 Å². The summed E-state index contributed by atoms with van der Waals surface area (Å²) in [4.78, 5) is 106. The van der Waals surface area contributed by atoms with E-state index in [0.29, 0.717) is 6.42 Å². The van der Waals surface area contributed by atoms with Crippen LogP contribution in [0.1, 0.15) is 70.8 Å². The normalized spacial score (nSPS) is 14.7. The molecule has 0 saturated carbocycles. The van der Waals surface area contributed by atoms with E-state index in [9.17, 15) is 48.6 Å². The maximum absolute atomic E-state index is 13.8. The van der Waals surface area contributed by atoms with Crippen LogP contribution in [-0.2, 0) is 44.8 Å². The van der Waals surface area contributed by atoms with Crippen LogP contribution in [0.3, 0.4) is 0 Å². The van der Waals surface area contributed by atoms with E-state index in [1.165, 1.54) is 13.8 Å². The van der Waals surface area contributed by atoms with Gasteiger partial charge >= 0.3 is 0 Å². The Labute approximate surface area is 361 Å². The molecule has 0 heterocycles. The first-order chi connectivity index (χ1) is 29.4. The standard InChI is InChI=1S/C39H69N13O10/c1-39(2,45)38(62)52-28(20-23-10-4-3-5-11-23)35(59)49-26(14-8-18-42)33(57)47-25(13-7-17-41)32(56)48-27(15-9-19-43)34(58)50-30(22-54)37(61)51-29(21-53)36(60)46-24(31(44)55)12-6-16-40/h3-5,10-11,24-30,53-54H,6-9,12-22,40-43,45H2,1-2H3,(H2,44,55)(H,46,60)(H,47,57)(H,48,56)(H,49,59)(H,50,58)(H,51,61)(H,52,62). The Morgan fingerprint density at radius 2 is 0.806 bits per heavy atom. The lowest BCUT2D eigenvalue weighted by Gasteiger charge is -2.28. The zero-order chi connectivity index (χ0) is 46.8. The van der Waals surface area contributed by atoms with E-state index in [2.05, 4.69) is 37.2 Å². The maximum atomic E-state index is 13.8. The molecule has 23 heteroatoms. The molecule has 1 aromatic carbocycles. The number of primary amides is 1. The molecule has 23 nitrogen and oxygen atoms in total.